The molecule has 0 unspecified atom stereocenters. The fourth-order valence-corrected chi connectivity index (χ4v) is 4.92. The van der Waals surface area contributed by atoms with Crippen molar-refractivity contribution in [1.82, 2.24) is 14.5 Å². The third kappa shape index (κ3) is 3.22. The number of hydrogen-bond donors (Lipinski definition) is 1. The van der Waals surface area contributed by atoms with Gasteiger partial charge in [-0.05, 0) is 32.0 Å². The Labute approximate surface area is 173 Å². The largest absolute Gasteiger partial charge is 0.367 e. The van der Waals surface area contributed by atoms with Gasteiger partial charge in [-0.3, -0.25) is 9.59 Å². The molecular formula is C20H21N5O4S. The fraction of sp³-hybridized carbons (Fsp3) is 0.300. The molecule has 0 saturated heterocycles. The lowest BCUT2D eigenvalue weighted by Gasteiger charge is -2.26. The Morgan fingerprint density at radius 1 is 1.13 bits per heavy atom. The predicted molar refractivity (Wildman–Crippen MR) is 114 cm³/mol. The summed E-state index contributed by atoms with van der Waals surface area (Å²) in [5.74, 6) is -0.648. The van der Waals surface area contributed by atoms with E-state index in [1.165, 1.54) is 21.9 Å². The highest BCUT2D eigenvalue weighted by Gasteiger charge is 2.33. The number of carbonyl (C=O) groups excluding carboxylic acids is 1. The van der Waals surface area contributed by atoms with E-state index in [9.17, 15) is 18.0 Å². The van der Waals surface area contributed by atoms with Gasteiger partial charge in [0.1, 0.15) is 17.0 Å². The molecule has 4 rings (SSSR count). The second kappa shape index (κ2) is 6.91. The highest BCUT2D eigenvalue weighted by Crippen LogP contribution is 2.34. The first kappa shape index (κ1) is 20.0. The number of aromatic nitrogens is 3. The summed E-state index contributed by atoms with van der Waals surface area (Å²) in [4.78, 5) is 35.0. The number of rotatable bonds is 3. The molecule has 0 radical (unpaired) electrons. The molecule has 9 nitrogen and oxygen atoms in total. The van der Waals surface area contributed by atoms with Crippen molar-refractivity contribution in [3.8, 4) is 11.3 Å². The number of nitrogens with one attached hydrogen (secondary N) is 1. The van der Waals surface area contributed by atoms with Crippen LogP contribution in [0, 0.1) is 0 Å². The van der Waals surface area contributed by atoms with Gasteiger partial charge in [-0.2, -0.15) is 0 Å². The molecule has 0 fully saturated rings. The maximum atomic E-state index is 12.6. The van der Waals surface area contributed by atoms with Crippen molar-refractivity contribution in [3.05, 3.63) is 40.9 Å². The topological polar surface area (TPSA) is 114 Å². The minimum Gasteiger partial charge on any atom is -0.367 e. The molecule has 1 amide bonds. The lowest BCUT2D eigenvalue weighted by atomic mass is 10.1. The zero-order valence-electron chi connectivity index (χ0n) is 17.0. The summed E-state index contributed by atoms with van der Waals surface area (Å²) in [5.41, 5.74) is 1.60. The maximum absolute atomic E-state index is 12.6. The number of pyridine rings is 1. The molecule has 1 aliphatic rings. The number of anilines is 2. The highest BCUT2D eigenvalue weighted by atomic mass is 32.2. The SMILES string of the molecule is CC(C)Nc1nc(-c2ccc3c(c2)S(=O)(=O)CC(=O)N3C)cc2ncn(C)c(=O)c12. The molecule has 0 spiro atoms. The normalized spacial score (nSPS) is 15.5. The lowest BCUT2D eigenvalue weighted by molar-refractivity contribution is -0.116. The van der Waals surface area contributed by atoms with Crippen molar-refractivity contribution >= 4 is 38.2 Å². The van der Waals surface area contributed by atoms with Crippen molar-refractivity contribution in [2.75, 3.05) is 23.0 Å². The molecule has 3 aromatic rings. The summed E-state index contributed by atoms with van der Waals surface area (Å²) in [6.45, 7) is 3.86. The summed E-state index contributed by atoms with van der Waals surface area (Å²) in [6.07, 6.45) is 1.44. The number of sulfone groups is 1. The van der Waals surface area contributed by atoms with Gasteiger partial charge in [0.2, 0.25) is 5.91 Å². The highest BCUT2D eigenvalue weighted by molar-refractivity contribution is 7.92. The Bertz CT molecular complexity index is 1360. The average Bonchev–Trinajstić information content (AvgIpc) is 2.68. The first-order chi connectivity index (χ1) is 14.1. The van der Waals surface area contributed by atoms with Crippen molar-refractivity contribution in [3.63, 3.8) is 0 Å². The van der Waals surface area contributed by atoms with Crippen LogP contribution in [0.15, 0.2) is 40.3 Å². The van der Waals surface area contributed by atoms with E-state index in [1.54, 1.807) is 32.3 Å². The zero-order chi connectivity index (χ0) is 21.8. The van der Waals surface area contributed by atoms with Crippen LogP contribution in [-0.4, -0.2) is 47.7 Å². The molecule has 0 saturated carbocycles. The van der Waals surface area contributed by atoms with Gasteiger partial charge < -0.3 is 14.8 Å². The van der Waals surface area contributed by atoms with Gasteiger partial charge in [-0.1, -0.05) is 6.07 Å². The standard InChI is InChI=1S/C20H21N5O4S/c1-11(2)22-19-18-14(21-10-24(3)20(18)27)8-13(23-19)12-5-6-15-16(7-12)30(28,29)9-17(26)25(15)4/h5-8,10-11H,9H2,1-4H3,(H,22,23). The third-order valence-corrected chi connectivity index (χ3v) is 6.59. The van der Waals surface area contributed by atoms with Gasteiger partial charge in [0, 0.05) is 25.7 Å². The van der Waals surface area contributed by atoms with Crippen molar-refractivity contribution in [1.29, 1.82) is 0 Å². The first-order valence-corrected chi connectivity index (χ1v) is 11.0. The molecular weight excluding hydrogens is 406 g/mol. The fourth-order valence-electron chi connectivity index (χ4n) is 3.42. The Morgan fingerprint density at radius 2 is 1.87 bits per heavy atom. The number of carbonyl (C=O) groups is 1. The van der Waals surface area contributed by atoms with E-state index in [-0.39, 0.29) is 16.5 Å². The van der Waals surface area contributed by atoms with Crippen LogP contribution < -0.4 is 15.8 Å². The van der Waals surface area contributed by atoms with Crippen LogP contribution in [0.2, 0.25) is 0 Å². The van der Waals surface area contributed by atoms with Crippen LogP contribution in [-0.2, 0) is 21.7 Å². The van der Waals surface area contributed by atoms with E-state index in [4.69, 9.17) is 0 Å². The summed E-state index contributed by atoms with van der Waals surface area (Å²) in [6, 6.07) is 6.50. The predicted octanol–water partition coefficient (Wildman–Crippen LogP) is 1.57. The monoisotopic (exact) mass is 427 g/mol. The van der Waals surface area contributed by atoms with Crippen LogP contribution in [0.5, 0.6) is 0 Å². The molecule has 3 heterocycles. The number of amides is 1. The minimum absolute atomic E-state index is 0.0180. The Balaban J connectivity index is 1.96. The van der Waals surface area contributed by atoms with E-state index in [2.05, 4.69) is 15.3 Å². The smallest absolute Gasteiger partial charge is 0.264 e. The zero-order valence-corrected chi connectivity index (χ0v) is 17.8. The number of aryl methyl sites for hydroxylation is 1. The van der Waals surface area contributed by atoms with Gasteiger partial charge in [-0.25, -0.2) is 18.4 Å². The minimum atomic E-state index is -3.74. The summed E-state index contributed by atoms with van der Waals surface area (Å²) >= 11 is 0. The number of fused-ring (bicyclic) bond motifs is 2. The van der Waals surface area contributed by atoms with Gasteiger partial charge in [0.15, 0.2) is 9.84 Å². The molecule has 1 aromatic carbocycles. The molecule has 0 atom stereocenters. The van der Waals surface area contributed by atoms with Crippen LogP contribution >= 0.6 is 0 Å². The molecule has 1 aliphatic heterocycles. The maximum Gasteiger partial charge on any atom is 0.264 e. The second-order valence-electron chi connectivity index (χ2n) is 7.60. The first-order valence-electron chi connectivity index (χ1n) is 9.35. The van der Waals surface area contributed by atoms with Crippen LogP contribution in [0.1, 0.15) is 13.8 Å². The molecule has 0 aliphatic carbocycles. The summed E-state index contributed by atoms with van der Waals surface area (Å²) < 4.78 is 26.5. The summed E-state index contributed by atoms with van der Waals surface area (Å²) in [5, 5.41) is 3.55. The average molecular weight is 427 g/mol. The summed E-state index contributed by atoms with van der Waals surface area (Å²) in [7, 11) is -0.573. The molecule has 1 N–H and O–H groups in total. The second-order valence-corrected chi connectivity index (χ2v) is 9.56. The molecule has 2 aromatic heterocycles. The molecule has 0 bridgehead atoms. The van der Waals surface area contributed by atoms with Gasteiger partial charge in [-0.15, -0.1) is 0 Å². The van der Waals surface area contributed by atoms with E-state index in [1.807, 2.05) is 13.8 Å². The Hall–Kier alpha value is -3.27. The molecule has 156 valence electrons. The quantitative estimate of drug-likeness (QED) is 0.675. The van der Waals surface area contributed by atoms with E-state index >= 15 is 0 Å². The third-order valence-electron chi connectivity index (χ3n) is 4.97. The Morgan fingerprint density at radius 3 is 2.57 bits per heavy atom. The van der Waals surface area contributed by atoms with E-state index < -0.39 is 21.5 Å². The van der Waals surface area contributed by atoms with Crippen molar-refractivity contribution < 1.29 is 13.2 Å². The van der Waals surface area contributed by atoms with Gasteiger partial charge in [0.05, 0.1) is 28.1 Å². The van der Waals surface area contributed by atoms with Crippen LogP contribution in [0.3, 0.4) is 0 Å². The van der Waals surface area contributed by atoms with Crippen molar-refractivity contribution in [2.24, 2.45) is 7.05 Å². The van der Waals surface area contributed by atoms with Crippen LogP contribution in [0.4, 0.5) is 11.5 Å². The number of hydrogen-bond acceptors (Lipinski definition) is 7. The number of nitrogens with zero attached hydrogens (tertiary/aromatic N) is 4. The van der Waals surface area contributed by atoms with Gasteiger partial charge >= 0.3 is 0 Å². The van der Waals surface area contributed by atoms with E-state index in [0.29, 0.717) is 33.7 Å². The molecule has 10 heteroatoms. The van der Waals surface area contributed by atoms with Crippen molar-refractivity contribution in [2.45, 2.75) is 24.8 Å². The van der Waals surface area contributed by atoms with Crippen LogP contribution in [0.25, 0.3) is 22.2 Å². The van der Waals surface area contributed by atoms with Gasteiger partial charge in [0.25, 0.3) is 5.56 Å². The molecule has 30 heavy (non-hydrogen) atoms. The number of benzene rings is 1. The van der Waals surface area contributed by atoms with E-state index in [0.717, 1.165) is 0 Å². The Kier molecular flexibility index (Phi) is 4.61. The lowest BCUT2D eigenvalue weighted by Crippen LogP contribution is -2.37.